The summed E-state index contributed by atoms with van der Waals surface area (Å²) in [7, 11) is 0. The summed E-state index contributed by atoms with van der Waals surface area (Å²) in [5.74, 6) is 2.30. The van der Waals surface area contributed by atoms with Crippen LogP contribution in [0.1, 0.15) is 41.6 Å². The Hall–Kier alpha value is -1.49. The second-order valence-corrected chi connectivity index (χ2v) is 6.26. The number of hydrogen-bond acceptors (Lipinski definition) is 4. The molecule has 1 amide bonds. The summed E-state index contributed by atoms with van der Waals surface area (Å²) in [4.78, 5) is 23.4. The Morgan fingerprint density at radius 3 is 2.60 bits per heavy atom. The first kappa shape index (κ1) is 13.5. The van der Waals surface area contributed by atoms with Gasteiger partial charge in [0.1, 0.15) is 5.82 Å². The lowest BCUT2D eigenvalue weighted by molar-refractivity contribution is 0.0779. The van der Waals surface area contributed by atoms with Gasteiger partial charge in [-0.15, -0.1) is 0 Å². The lowest BCUT2D eigenvalue weighted by Gasteiger charge is -2.20. The molecule has 3 heterocycles. The standard InChI is InChI=1S/C15H22N4O/c1-9(2)14-13(6-17-10(3)18-14)15(20)19-7-11-4-16-5-12(11)8-19/h6,9,11-12,16H,4-5,7-8H2,1-3H3/t11-,12+. The number of fused-ring (bicyclic) bond motifs is 1. The molecule has 0 radical (unpaired) electrons. The molecule has 2 aliphatic heterocycles. The number of likely N-dealkylation sites (tertiary alicyclic amines) is 1. The Morgan fingerprint density at radius 2 is 2.00 bits per heavy atom. The Balaban J connectivity index is 1.84. The van der Waals surface area contributed by atoms with Crippen molar-refractivity contribution < 1.29 is 4.79 Å². The van der Waals surface area contributed by atoms with Gasteiger partial charge in [-0.1, -0.05) is 13.8 Å². The number of aryl methyl sites for hydroxylation is 1. The first-order chi connectivity index (χ1) is 9.56. The van der Waals surface area contributed by atoms with Crippen molar-refractivity contribution in [3.63, 3.8) is 0 Å². The number of carbonyl (C=O) groups excluding carboxylic acids is 1. The molecule has 2 aliphatic rings. The molecule has 1 aromatic heterocycles. The molecule has 1 aromatic rings. The van der Waals surface area contributed by atoms with E-state index in [0.29, 0.717) is 17.4 Å². The topological polar surface area (TPSA) is 58.1 Å². The van der Waals surface area contributed by atoms with E-state index in [4.69, 9.17) is 0 Å². The number of carbonyl (C=O) groups is 1. The van der Waals surface area contributed by atoms with E-state index in [1.165, 1.54) is 0 Å². The molecule has 0 spiro atoms. The maximum absolute atomic E-state index is 12.7. The minimum absolute atomic E-state index is 0.100. The van der Waals surface area contributed by atoms with Crippen LogP contribution in [0, 0.1) is 18.8 Å². The van der Waals surface area contributed by atoms with Crippen LogP contribution >= 0.6 is 0 Å². The Labute approximate surface area is 119 Å². The van der Waals surface area contributed by atoms with E-state index in [-0.39, 0.29) is 11.8 Å². The number of rotatable bonds is 2. The normalized spacial score (nSPS) is 25.3. The quantitative estimate of drug-likeness (QED) is 0.880. The summed E-state index contributed by atoms with van der Waals surface area (Å²) in [5, 5.41) is 3.40. The Bertz CT molecular complexity index is 517. The average Bonchev–Trinajstić information content (AvgIpc) is 2.98. The van der Waals surface area contributed by atoms with E-state index in [2.05, 4.69) is 29.1 Å². The second kappa shape index (κ2) is 5.13. The van der Waals surface area contributed by atoms with Gasteiger partial charge in [0.15, 0.2) is 0 Å². The number of nitrogens with zero attached hydrogens (tertiary/aromatic N) is 3. The highest BCUT2D eigenvalue weighted by molar-refractivity contribution is 5.95. The van der Waals surface area contributed by atoms with Gasteiger partial charge in [-0.25, -0.2) is 9.97 Å². The van der Waals surface area contributed by atoms with Gasteiger partial charge in [0.2, 0.25) is 0 Å². The van der Waals surface area contributed by atoms with Crippen molar-refractivity contribution >= 4 is 5.91 Å². The maximum Gasteiger partial charge on any atom is 0.257 e. The van der Waals surface area contributed by atoms with E-state index < -0.39 is 0 Å². The molecule has 0 saturated carbocycles. The van der Waals surface area contributed by atoms with E-state index in [9.17, 15) is 4.79 Å². The van der Waals surface area contributed by atoms with Gasteiger partial charge in [0.05, 0.1) is 11.3 Å². The van der Waals surface area contributed by atoms with Gasteiger partial charge in [-0.2, -0.15) is 0 Å². The zero-order valence-electron chi connectivity index (χ0n) is 12.4. The van der Waals surface area contributed by atoms with Gasteiger partial charge < -0.3 is 10.2 Å². The van der Waals surface area contributed by atoms with Crippen LogP contribution in [-0.2, 0) is 0 Å². The fraction of sp³-hybridized carbons (Fsp3) is 0.667. The van der Waals surface area contributed by atoms with Crippen LogP contribution in [0.15, 0.2) is 6.20 Å². The highest BCUT2D eigenvalue weighted by Crippen LogP contribution is 2.28. The van der Waals surface area contributed by atoms with Gasteiger partial charge >= 0.3 is 0 Å². The van der Waals surface area contributed by atoms with Crippen molar-refractivity contribution in [1.82, 2.24) is 20.2 Å². The molecule has 0 bridgehead atoms. The molecule has 2 fully saturated rings. The molecule has 3 rings (SSSR count). The van der Waals surface area contributed by atoms with Crippen molar-refractivity contribution in [2.45, 2.75) is 26.7 Å². The van der Waals surface area contributed by atoms with Crippen molar-refractivity contribution in [2.24, 2.45) is 11.8 Å². The molecular weight excluding hydrogens is 252 g/mol. The zero-order chi connectivity index (χ0) is 14.3. The summed E-state index contributed by atoms with van der Waals surface area (Å²) in [6.45, 7) is 9.81. The van der Waals surface area contributed by atoms with E-state index >= 15 is 0 Å². The number of amides is 1. The minimum Gasteiger partial charge on any atom is -0.338 e. The van der Waals surface area contributed by atoms with Crippen LogP contribution in [0.2, 0.25) is 0 Å². The van der Waals surface area contributed by atoms with E-state index in [0.717, 1.165) is 37.7 Å². The summed E-state index contributed by atoms with van der Waals surface area (Å²) in [6, 6.07) is 0. The largest absolute Gasteiger partial charge is 0.338 e. The van der Waals surface area contributed by atoms with Crippen LogP contribution in [0.5, 0.6) is 0 Å². The van der Waals surface area contributed by atoms with Crippen molar-refractivity contribution in [2.75, 3.05) is 26.2 Å². The molecule has 2 atom stereocenters. The van der Waals surface area contributed by atoms with Crippen molar-refractivity contribution in [1.29, 1.82) is 0 Å². The zero-order valence-corrected chi connectivity index (χ0v) is 12.4. The number of hydrogen-bond donors (Lipinski definition) is 1. The third-order valence-corrected chi connectivity index (χ3v) is 4.39. The first-order valence-corrected chi connectivity index (χ1v) is 7.39. The fourth-order valence-electron chi connectivity index (χ4n) is 3.28. The monoisotopic (exact) mass is 274 g/mol. The molecule has 2 saturated heterocycles. The molecule has 1 N–H and O–H groups in total. The predicted octanol–water partition coefficient (Wildman–Crippen LogP) is 1.20. The second-order valence-electron chi connectivity index (χ2n) is 6.26. The summed E-state index contributed by atoms with van der Waals surface area (Å²) in [6.07, 6.45) is 1.70. The van der Waals surface area contributed by atoms with Crippen LogP contribution in [-0.4, -0.2) is 47.0 Å². The third-order valence-electron chi connectivity index (χ3n) is 4.39. The summed E-state index contributed by atoms with van der Waals surface area (Å²) < 4.78 is 0. The van der Waals surface area contributed by atoms with Crippen molar-refractivity contribution in [3.8, 4) is 0 Å². The summed E-state index contributed by atoms with van der Waals surface area (Å²) in [5.41, 5.74) is 1.55. The Kier molecular flexibility index (Phi) is 3.46. The molecule has 5 heteroatoms. The molecule has 5 nitrogen and oxygen atoms in total. The lowest BCUT2D eigenvalue weighted by Crippen LogP contribution is -2.33. The highest BCUT2D eigenvalue weighted by Gasteiger charge is 2.38. The molecule has 108 valence electrons. The van der Waals surface area contributed by atoms with Crippen LogP contribution in [0.25, 0.3) is 0 Å². The molecular formula is C15H22N4O. The maximum atomic E-state index is 12.7. The molecule has 20 heavy (non-hydrogen) atoms. The van der Waals surface area contributed by atoms with Gasteiger partial charge in [0, 0.05) is 32.4 Å². The number of nitrogens with one attached hydrogen (secondary N) is 1. The van der Waals surface area contributed by atoms with Gasteiger partial charge in [-0.05, 0) is 24.7 Å². The van der Waals surface area contributed by atoms with Crippen LogP contribution in [0.4, 0.5) is 0 Å². The first-order valence-electron chi connectivity index (χ1n) is 7.39. The summed E-state index contributed by atoms with van der Waals surface area (Å²) >= 11 is 0. The van der Waals surface area contributed by atoms with E-state index in [1.54, 1.807) is 6.20 Å². The van der Waals surface area contributed by atoms with Gasteiger partial charge in [0.25, 0.3) is 5.91 Å². The van der Waals surface area contributed by atoms with Crippen molar-refractivity contribution in [3.05, 3.63) is 23.3 Å². The number of aromatic nitrogens is 2. The lowest BCUT2D eigenvalue weighted by atomic mass is 10.0. The SMILES string of the molecule is Cc1ncc(C(=O)N2C[C@H]3CNC[C@H]3C2)c(C(C)C)n1. The molecule has 0 unspecified atom stereocenters. The van der Waals surface area contributed by atoms with E-state index in [1.807, 2.05) is 11.8 Å². The van der Waals surface area contributed by atoms with Crippen LogP contribution < -0.4 is 5.32 Å². The highest BCUT2D eigenvalue weighted by atomic mass is 16.2. The third kappa shape index (κ3) is 2.30. The smallest absolute Gasteiger partial charge is 0.257 e. The minimum atomic E-state index is 0.100. The Morgan fingerprint density at radius 1 is 1.35 bits per heavy atom. The fourth-order valence-corrected chi connectivity index (χ4v) is 3.28. The predicted molar refractivity (Wildman–Crippen MR) is 76.6 cm³/mol. The molecule has 0 aromatic carbocycles. The average molecular weight is 274 g/mol. The van der Waals surface area contributed by atoms with Gasteiger partial charge in [-0.3, -0.25) is 4.79 Å². The van der Waals surface area contributed by atoms with Crippen LogP contribution in [0.3, 0.4) is 0 Å². The molecule has 0 aliphatic carbocycles.